The second-order valence-corrected chi connectivity index (χ2v) is 7.26. The van der Waals surface area contributed by atoms with Crippen molar-refractivity contribution in [3.05, 3.63) is 53.9 Å². The fourth-order valence-corrected chi connectivity index (χ4v) is 3.86. The Hall–Kier alpha value is -3.39. The average Bonchev–Trinajstić information content (AvgIpc) is 3.29. The summed E-state index contributed by atoms with van der Waals surface area (Å²) in [4.78, 5) is 21.5. The van der Waals surface area contributed by atoms with E-state index in [4.69, 9.17) is 13.9 Å². The number of oxazole rings is 1. The molecule has 1 N–H and O–H groups in total. The number of anilines is 1. The lowest BCUT2D eigenvalue weighted by molar-refractivity contribution is 0.102. The van der Waals surface area contributed by atoms with Crippen molar-refractivity contribution in [1.29, 1.82) is 0 Å². The van der Waals surface area contributed by atoms with Gasteiger partial charge in [-0.05, 0) is 19.1 Å². The van der Waals surface area contributed by atoms with Crippen LogP contribution in [0.25, 0.3) is 21.7 Å². The summed E-state index contributed by atoms with van der Waals surface area (Å²) in [6.07, 6.45) is 0. The number of carbonyl (C=O) groups excluding carboxylic acids is 1. The molecule has 140 valence electrons. The van der Waals surface area contributed by atoms with E-state index in [-0.39, 0.29) is 11.6 Å². The number of carbonyl (C=O) groups is 1. The first-order valence-corrected chi connectivity index (χ1v) is 9.53. The molecular weight excluding hydrogens is 378 g/mol. The van der Waals surface area contributed by atoms with E-state index in [0.717, 1.165) is 15.8 Å². The summed E-state index contributed by atoms with van der Waals surface area (Å²) < 4.78 is 17.7. The SMILES string of the molecule is Cc1oc(-c2ccccc2)nc1C(=O)Nc1nc2cc3c(cc2s1)OCCO3. The van der Waals surface area contributed by atoms with E-state index in [1.165, 1.54) is 11.3 Å². The second-order valence-electron chi connectivity index (χ2n) is 6.23. The molecule has 5 rings (SSSR count). The van der Waals surface area contributed by atoms with Gasteiger partial charge in [0.25, 0.3) is 5.91 Å². The number of rotatable bonds is 3. The predicted molar refractivity (Wildman–Crippen MR) is 105 cm³/mol. The molecule has 4 aromatic rings. The molecule has 0 atom stereocenters. The zero-order chi connectivity index (χ0) is 19.1. The molecule has 0 spiro atoms. The van der Waals surface area contributed by atoms with E-state index in [2.05, 4.69) is 15.3 Å². The minimum Gasteiger partial charge on any atom is -0.486 e. The fraction of sp³-hybridized carbons (Fsp3) is 0.150. The van der Waals surface area contributed by atoms with E-state index < -0.39 is 0 Å². The van der Waals surface area contributed by atoms with Gasteiger partial charge in [-0.3, -0.25) is 10.1 Å². The van der Waals surface area contributed by atoms with Crippen LogP contribution in [-0.4, -0.2) is 29.1 Å². The minimum absolute atomic E-state index is 0.240. The van der Waals surface area contributed by atoms with Crippen LogP contribution in [-0.2, 0) is 0 Å². The van der Waals surface area contributed by atoms with Gasteiger partial charge in [0.2, 0.25) is 5.89 Å². The first kappa shape index (κ1) is 16.8. The van der Waals surface area contributed by atoms with Gasteiger partial charge >= 0.3 is 0 Å². The van der Waals surface area contributed by atoms with Gasteiger partial charge in [0.05, 0.1) is 10.2 Å². The maximum atomic E-state index is 12.7. The zero-order valence-corrected chi connectivity index (χ0v) is 15.7. The quantitative estimate of drug-likeness (QED) is 0.559. The number of fused-ring (bicyclic) bond motifs is 2. The highest BCUT2D eigenvalue weighted by molar-refractivity contribution is 7.22. The van der Waals surface area contributed by atoms with Gasteiger partial charge < -0.3 is 13.9 Å². The van der Waals surface area contributed by atoms with Crippen LogP contribution in [0.5, 0.6) is 11.5 Å². The fourth-order valence-electron chi connectivity index (χ4n) is 2.99. The van der Waals surface area contributed by atoms with Gasteiger partial charge in [0.1, 0.15) is 19.0 Å². The van der Waals surface area contributed by atoms with Crippen LogP contribution >= 0.6 is 11.3 Å². The monoisotopic (exact) mass is 393 g/mol. The Kier molecular flexibility index (Phi) is 3.98. The molecule has 28 heavy (non-hydrogen) atoms. The van der Waals surface area contributed by atoms with E-state index in [1.807, 2.05) is 42.5 Å². The van der Waals surface area contributed by atoms with E-state index in [1.54, 1.807) is 6.92 Å². The Morgan fingerprint density at radius 1 is 1.07 bits per heavy atom. The number of nitrogens with one attached hydrogen (secondary N) is 1. The second kappa shape index (κ2) is 6.65. The summed E-state index contributed by atoms with van der Waals surface area (Å²) in [6.45, 7) is 2.76. The van der Waals surface area contributed by atoms with Gasteiger partial charge in [-0.1, -0.05) is 29.5 Å². The topological polar surface area (TPSA) is 86.5 Å². The number of ether oxygens (including phenoxy) is 2. The Bertz CT molecular complexity index is 1140. The van der Waals surface area contributed by atoms with Crippen molar-refractivity contribution in [3.8, 4) is 23.0 Å². The summed E-state index contributed by atoms with van der Waals surface area (Å²) in [5, 5.41) is 3.29. The molecular formula is C20H15N3O4S. The number of amides is 1. The third-order valence-electron chi connectivity index (χ3n) is 4.31. The molecule has 0 aliphatic carbocycles. The molecule has 0 fully saturated rings. The highest BCUT2D eigenvalue weighted by atomic mass is 32.1. The molecule has 0 saturated carbocycles. The first-order chi connectivity index (χ1) is 13.7. The Morgan fingerprint density at radius 2 is 1.82 bits per heavy atom. The van der Waals surface area contributed by atoms with Crippen molar-refractivity contribution in [3.63, 3.8) is 0 Å². The lowest BCUT2D eigenvalue weighted by Gasteiger charge is -2.17. The van der Waals surface area contributed by atoms with E-state index in [0.29, 0.717) is 41.5 Å². The summed E-state index contributed by atoms with van der Waals surface area (Å²) in [7, 11) is 0. The lowest BCUT2D eigenvalue weighted by atomic mass is 10.2. The largest absolute Gasteiger partial charge is 0.486 e. The molecule has 3 heterocycles. The van der Waals surface area contributed by atoms with Crippen molar-refractivity contribution in [2.24, 2.45) is 0 Å². The smallest absolute Gasteiger partial charge is 0.279 e. The first-order valence-electron chi connectivity index (χ1n) is 8.72. The van der Waals surface area contributed by atoms with Crippen molar-refractivity contribution >= 4 is 32.6 Å². The number of hydrogen-bond donors (Lipinski definition) is 1. The standard InChI is InChI=1S/C20H15N3O4S/c1-11-17(22-19(27-11)12-5-3-2-4-6-12)18(24)23-20-21-13-9-14-15(10-16(13)28-20)26-8-7-25-14/h2-6,9-10H,7-8H2,1H3,(H,21,23,24). The van der Waals surface area contributed by atoms with Gasteiger partial charge in [0, 0.05) is 17.7 Å². The van der Waals surface area contributed by atoms with Gasteiger partial charge in [0.15, 0.2) is 22.3 Å². The van der Waals surface area contributed by atoms with Crippen molar-refractivity contribution < 1.29 is 18.7 Å². The maximum absolute atomic E-state index is 12.7. The highest BCUT2D eigenvalue weighted by Crippen LogP contribution is 2.38. The lowest BCUT2D eigenvalue weighted by Crippen LogP contribution is -2.15. The molecule has 7 nitrogen and oxygen atoms in total. The van der Waals surface area contributed by atoms with Gasteiger partial charge in [-0.25, -0.2) is 9.97 Å². The van der Waals surface area contributed by atoms with Gasteiger partial charge in [-0.2, -0.15) is 0 Å². The molecule has 1 amide bonds. The van der Waals surface area contributed by atoms with Crippen LogP contribution in [0.15, 0.2) is 46.9 Å². The molecule has 8 heteroatoms. The van der Waals surface area contributed by atoms with Crippen molar-refractivity contribution in [2.75, 3.05) is 18.5 Å². The van der Waals surface area contributed by atoms with Crippen molar-refractivity contribution in [1.82, 2.24) is 9.97 Å². The van der Waals surface area contributed by atoms with Crippen LogP contribution in [0.1, 0.15) is 16.2 Å². The van der Waals surface area contributed by atoms with Crippen LogP contribution in [0.4, 0.5) is 5.13 Å². The Balaban J connectivity index is 1.42. The number of aromatic nitrogens is 2. The van der Waals surface area contributed by atoms with Crippen molar-refractivity contribution in [2.45, 2.75) is 6.92 Å². The number of benzene rings is 2. The third-order valence-corrected chi connectivity index (χ3v) is 5.24. The number of hydrogen-bond acceptors (Lipinski definition) is 7. The summed E-state index contributed by atoms with van der Waals surface area (Å²) in [6, 6.07) is 13.2. The molecule has 2 aromatic carbocycles. The summed E-state index contributed by atoms with van der Waals surface area (Å²) in [5.41, 5.74) is 1.80. The number of aryl methyl sites for hydroxylation is 1. The highest BCUT2D eigenvalue weighted by Gasteiger charge is 2.20. The maximum Gasteiger partial charge on any atom is 0.279 e. The Morgan fingerprint density at radius 3 is 2.61 bits per heavy atom. The van der Waals surface area contributed by atoms with Crippen LogP contribution in [0.2, 0.25) is 0 Å². The summed E-state index contributed by atoms with van der Waals surface area (Å²) >= 11 is 1.37. The summed E-state index contributed by atoms with van der Waals surface area (Å²) in [5.74, 6) is 1.87. The molecule has 1 aliphatic heterocycles. The number of thiazole rings is 1. The molecule has 2 aromatic heterocycles. The van der Waals surface area contributed by atoms with Crippen LogP contribution in [0.3, 0.4) is 0 Å². The molecule has 0 bridgehead atoms. The minimum atomic E-state index is -0.361. The number of nitrogens with zero attached hydrogens (tertiary/aromatic N) is 2. The van der Waals surface area contributed by atoms with Crippen LogP contribution < -0.4 is 14.8 Å². The van der Waals surface area contributed by atoms with Gasteiger partial charge in [-0.15, -0.1) is 0 Å². The zero-order valence-electron chi connectivity index (χ0n) is 14.9. The molecule has 1 aliphatic rings. The van der Waals surface area contributed by atoms with Crippen LogP contribution in [0, 0.1) is 6.92 Å². The van der Waals surface area contributed by atoms with E-state index in [9.17, 15) is 4.79 Å². The average molecular weight is 393 g/mol. The molecule has 0 radical (unpaired) electrons. The van der Waals surface area contributed by atoms with E-state index >= 15 is 0 Å². The predicted octanol–water partition coefficient (Wildman–Crippen LogP) is 4.28. The molecule has 0 unspecified atom stereocenters. The normalized spacial score (nSPS) is 12.9. The molecule has 0 saturated heterocycles. The Labute approximate surface area is 163 Å². The third kappa shape index (κ3) is 2.97.